The van der Waals surface area contributed by atoms with Gasteiger partial charge in [0.25, 0.3) is 5.91 Å². The first-order valence-electron chi connectivity index (χ1n) is 9.14. The number of nitrogens with zero attached hydrogens (tertiary/aromatic N) is 1. The summed E-state index contributed by atoms with van der Waals surface area (Å²) in [6, 6.07) is 5.62. The van der Waals surface area contributed by atoms with Crippen molar-refractivity contribution in [1.82, 2.24) is 20.9 Å². The van der Waals surface area contributed by atoms with Gasteiger partial charge in [0.1, 0.15) is 6.04 Å². The normalized spacial score (nSPS) is 20.9. The van der Waals surface area contributed by atoms with Gasteiger partial charge in [-0.2, -0.15) is 0 Å². The first-order valence-corrected chi connectivity index (χ1v) is 9.14. The summed E-state index contributed by atoms with van der Waals surface area (Å²) in [6.07, 6.45) is 1.66. The van der Waals surface area contributed by atoms with Gasteiger partial charge in [-0.1, -0.05) is 18.2 Å². The van der Waals surface area contributed by atoms with E-state index in [4.69, 9.17) is 0 Å². The van der Waals surface area contributed by atoms with Gasteiger partial charge in [-0.05, 0) is 44.5 Å². The number of rotatable bonds is 7. The van der Waals surface area contributed by atoms with Crippen LogP contribution in [0.1, 0.15) is 47.7 Å². The third-order valence-electron chi connectivity index (χ3n) is 5.11. The fourth-order valence-electron chi connectivity index (χ4n) is 3.58. The maximum atomic E-state index is 13.0. The third kappa shape index (κ3) is 3.78. The number of nitrogens with one attached hydrogen (secondary N) is 3. The van der Waals surface area contributed by atoms with E-state index in [-0.39, 0.29) is 24.1 Å². The van der Waals surface area contributed by atoms with Crippen LogP contribution in [0.15, 0.2) is 18.2 Å². The van der Waals surface area contributed by atoms with Crippen LogP contribution in [0.4, 0.5) is 0 Å². The lowest BCUT2D eigenvalue weighted by Gasteiger charge is -2.29. The molecule has 2 aliphatic heterocycles. The molecule has 140 valence electrons. The van der Waals surface area contributed by atoms with Gasteiger partial charge in [0, 0.05) is 31.1 Å². The molecule has 2 unspecified atom stereocenters. The number of piperidine rings is 1. The van der Waals surface area contributed by atoms with E-state index >= 15 is 0 Å². The summed E-state index contributed by atoms with van der Waals surface area (Å²) < 4.78 is 0. The monoisotopic (exact) mass is 358 g/mol. The minimum absolute atomic E-state index is 0.116. The number of imide groups is 1. The maximum absolute atomic E-state index is 13.0. The number of hydrogen-bond donors (Lipinski definition) is 3. The Bertz CT molecular complexity index is 719. The highest BCUT2D eigenvalue weighted by molar-refractivity contribution is 6.05. The molecule has 1 aromatic carbocycles. The van der Waals surface area contributed by atoms with Gasteiger partial charge in [0.05, 0.1) is 0 Å². The fourth-order valence-corrected chi connectivity index (χ4v) is 3.58. The fraction of sp³-hybridized carbons (Fsp3) is 0.526. The van der Waals surface area contributed by atoms with Crippen LogP contribution in [-0.2, 0) is 22.7 Å². The van der Waals surface area contributed by atoms with E-state index in [1.54, 1.807) is 4.90 Å². The Morgan fingerprint density at radius 3 is 2.85 bits per heavy atom. The smallest absolute Gasteiger partial charge is 0.255 e. The van der Waals surface area contributed by atoms with Gasteiger partial charge in [0.2, 0.25) is 11.8 Å². The summed E-state index contributed by atoms with van der Waals surface area (Å²) in [4.78, 5) is 38.1. The molecule has 2 atom stereocenters. The van der Waals surface area contributed by atoms with Crippen LogP contribution >= 0.6 is 0 Å². The van der Waals surface area contributed by atoms with Crippen LogP contribution in [-0.4, -0.2) is 48.3 Å². The van der Waals surface area contributed by atoms with Crippen molar-refractivity contribution in [2.45, 2.75) is 51.4 Å². The molecule has 26 heavy (non-hydrogen) atoms. The summed E-state index contributed by atoms with van der Waals surface area (Å²) in [5, 5.41) is 8.93. The van der Waals surface area contributed by atoms with Gasteiger partial charge in [-0.25, -0.2) is 0 Å². The molecular weight excluding hydrogens is 332 g/mol. The van der Waals surface area contributed by atoms with Crippen LogP contribution in [0.3, 0.4) is 0 Å². The highest BCUT2D eigenvalue weighted by Gasteiger charge is 2.39. The van der Waals surface area contributed by atoms with Gasteiger partial charge in [0.15, 0.2) is 0 Å². The summed E-state index contributed by atoms with van der Waals surface area (Å²) in [6.45, 7) is 4.09. The second-order valence-corrected chi connectivity index (χ2v) is 7.03. The molecule has 3 amide bonds. The molecule has 2 heterocycles. The molecule has 0 saturated carbocycles. The van der Waals surface area contributed by atoms with E-state index in [1.807, 2.05) is 25.2 Å². The average molecular weight is 358 g/mol. The summed E-state index contributed by atoms with van der Waals surface area (Å²) in [5.74, 6) is -0.756. The van der Waals surface area contributed by atoms with E-state index in [0.717, 1.165) is 24.1 Å². The molecule has 0 aromatic heterocycles. The number of benzene rings is 1. The Labute approximate surface area is 153 Å². The Balaban J connectivity index is 1.72. The van der Waals surface area contributed by atoms with Crippen molar-refractivity contribution in [3.8, 4) is 0 Å². The zero-order valence-electron chi connectivity index (χ0n) is 15.3. The molecule has 0 aliphatic carbocycles. The Morgan fingerprint density at radius 2 is 2.12 bits per heavy atom. The number of carbonyl (C=O) groups is 3. The number of carbonyl (C=O) groups excluding carboxylic acids is 3. The van der Waals surface area contributed by atoms with Crippen molar-refractivity contribution >= 4 is 17.7 Å². The van der Waals surface area contributed by atoms with Crippen molar-refractivity contribution in [1.29, 1.82) is 0 Å². The Kier molecular flexibility index (Phi) is 5.68. The first kappa shape index (κ1) is 18.5. The lowest BCUT2D eigenvalue weighted by Crippen LogP contribution is -2.52. The first-order chi connectivity index (χ1) is 12.5. The molecule has 3 rings (SSSR count). The van der Waals surface area contributed by atoms with Crippen LogP contribution in [0, 0.1) is 0 Å². The largest absolute Gasteiger partial charge is 0.322 e. The summed E-state index contributed by atoms with van der Waals surface area (Å²) in [7, 11) is 1.93. The SMILES string of the molecule is CNCCC(C)NCc1cccc2c1C(=O)N(C1CCC(=O)NC1=O)C2. The number of hydrogen-bond acceptors (Lipinski definition) is 5. The van der Waals surface area contributed by atoms with Crippen LogP contribution in [0.5, 0.6) is 0 Å². The molecule has 1 saturated heterocycles. The van der Waals surface area contributed by atoms with Crippen LogP contribution in [0.2, 0.25) is 0 Å². The topological polar surface area (TPSA) is 90.5 Å². The van der Waals surface area contributed by atoms with Gasteiger partial charge < -0.3 is 15.5 Å². The lowest BCUT2D eigenvalue weighted by atomic mass is 10.0. The molecule has 3 N–H and O–H groups in total. The average Bonchev–Trinajstić information content (AvgIpc) is 2.95. The van der Waals surface area contributed by atoms with Gasteiger partial charge in [-0.3, -0.25) is 19.7 Å². The summed E-state index contributed by atoms with van der Waals surface area (Å²) in [5.41, 5.74) is 2.60. The van der Waals surface area contributed by atoms with Gasteiger partial charge in [-0.15, -0.1) is 0 Å². The van der Waals surface area contributed by atoms with Crippen molar-refractivity contribution in [3.63, 3.8) is 0 Å². The predicted octanol–water partition coefficient (Wildman–Crippen LogP) is 0.535. The highest BCUT2D eigenvalue weighted by atomic mass is 16.2. The minimum atomic E-state index is -0.567. The molecule has 1 aromatic rings. The number of amides is 3. The molecule has 0 bridgehead atoms. The quantitative estimate of drug-likeness (QED) is 0.619. The van der Waals surface area contributed by atoms with Crippen molar-refractivity contribution in [3.05, 3.63) is 34.9 Å². The molecule has 7 heteroatoms. The Hall–Kier alpha value is -2.25. The maximum Gasteiger partial charge on any atom is 0.255 e. The highest BCUT2D eigenvalue weighted by Crippen LogP contribution is 2.29. The molecule has 0 radical (unpaired) electrons. The molecule has 7 nitrogen and oxygen atoms in total. The van der Waals surface area contributed by atoms with Crippen LogP contribution in [0.25, 0.3) is 0 Å². The van der Waals surface area contributed by atoms with E-state index in [2.05, 4.69) is 22.9 Å². The second kappa shape index (κ2) is 7.97. The van der Waals surface area contributed by atoms with Crippen molar-refractivity contribution < 1.29 is 14.4 Å². The predicted molar refractivity (Wildman–Crippen MR) is 97.3 cm³/mol. The van der Waals surface area contributed by atoms with Crippen molar-refractivity contribution in [2.24, 2.45) is 0 Å². The zero-order valence-corrected chi connectivity index (χ0v) is 15.3. The van der Waals surface area contributed by atoms with Crippen molar-refractivity contribution in [2.75, 3.05) is 13.6 Å². The number of fused-ring (bicyclic) bond motifs is 1. The van der Waals surface area contributed by atoms with E-state index < -0.39 is 6.04 Å². The molecule has 1 fully saturated rings. The Morgan fingerprint density at radius 1 is 1.31 bits per heavy atom. The molecular formula is C19H26N4O3. The lowest BCUT2D eigenvalue weighted by molar-refractivity contribution is -0.136. The van der Waals surface area contributed by atoms with Gasteiger partial charge >= 0.3 is 0 Å². The second-order valence-electron chi connectivity index (χ2n) is 7.03. The zero-order chi connectivity index (χ0) is 18.7. The van der Waals surface area contributed by atoms with E-state index in [1.165, 1.54) is 0 Å². The van der Waals surface area contributed by atoms with Crippen LogP contribution < -0.4 is 16.0 Å². The standard InChI is InChI=1S/C19H26N4O3/c1-12(8-9-20-2)21-10-13-4-3-5-14-11-23(19(26)17(13)14)15-6-7-16(24)22-18(15)25/h3-5,12,15,20-21H,6-11H2,1-2H3,(H,22,24,25). The molecule has 2 aliphatic rings. The molecule has 0 spiro atoms. The minimum Gasteiger partial charge on any atom is -0.322 e. The van der Waals surface area contributed by atoms with E-state index in [9.17, 15) is 14.4 Å². The van der Waals surface area contributed by atoms with E-state index in [0.29, 0.717) is 31.1 Å². The summed E-state index contributed by atoms with van der Waals surface area (Å²) >= 11 is 0. The third-order valence-corrected chi connectivity index (χ3v) is 5.11.